The Hall–Kier alpha value is -3.58. The highest BCUT2D eigenvalue weighted by Gasteiger charge is 2.49. The van der Waals surface area contributed by atoms with Crippen LogP contribution in [0.5, 0.6) is 0 Å². The van der Waals surface area contributed by atoms with Crippen molar-refractivity contribution in [3.63, 3.8) is 0 Å². The van der Waals surface area contributed by atoms with Crippen LogP contribution in [0.4, 0.5) is 17.1 Å². The molecule has 4 aromatic carbocycles. The van der Waals surface area contributed by atoms with Gasteiger partial charge in [0.2, 0.25) is 0 Å². The largest absolute Gasteiger partial charge is 0.311 e. The summed E-state index contributed by atoms with van der Waals surface area (Å²) in [6.45, 7) is 7.85. The zero-order valence-electron chi connectivity index (χ0n) is 31.5. The molecule has 0 N–H and O–H groups in total. The number of allylic oxidation sites excluding steroid dienone is 7. The number of hydrogen-bond acceptors (Lipinski definition) is 2. The summed E-state index contributed by atoms with van der Waals surface area (Å²) >= 11 is 2.26. The Morgan fingerprint density at radius 2 is 1.55 bits per heavy atom. The van der Waals surface area contributed by atoms with Crippen LogP contribution in [0, 0.1) is 17.8 Å². The molecule has 7 atom stereocenters. The van der Waals surface area contributed by atoms with Crippen molar-refractivity contribution in [2.45, 2.75) is 87.7 Å². The summed E-state index contributed by atoms with van der Waals surface area (Å²) in [4.78, 5) is 4.50. The summed E-state index contributed by atoms with van der Waals surface area (Å²) < 4.78 is 0. The quantitative estimate of drug-likeness (QED) is 0.151. The van der Waals surface area contributed by atoms with Gasteiger partial charge in [-0.25, -0.2) is 0 Å². The standard InChI is InChI=1S/C49H51NSSi2/c1-52-44-28-27-39-37-18-6-8-23-43(37)51-48(39)47(44)41-26-25-34(30-45(41)52)50(42-22-12-21-40-38-19-7-9-24-46(38)53(2,3)49(40)42)33-16-10-15-32(29-33)36-20-11-14-31-13-4-5-17-35(31)36/h4,7-10,12-16,19,21-26,29-30,35-37,39,43-44,52H,5-6,11,17-18,20,27-28H2,1-3H3. The van der Waals surface area contributed by atoms with Crippen LogP contribution in [-0.2, 0) is 0 Å². The second-order valence-electron chi connectivity index (χ2n) is 17.7. The maximum atomic E-state index is 2.71. The first-order chi connectivity index (χ1) is 26.0. The highest BCUT2D eigenvalue weighted by molar-refractivity contribution is 8.04. The molecule has 11 rings (SSSR count). The Bertz CT molecular complexity index is 2290. The van der Waals surface area contributed by atoms with Gasteiger partial charge >= 0.3 is 0 Å². The van der Waals surface area contributed by atoms with Crippen molar-refractivity contribution in [1.82, 2.24) is 0 Å². The molecule has 0 aromatic heterocycles. The molecule has 3 heterocycles. The minimum atomic E-state index is -1.98. The van der Waals surface area contributed by atoms with E-state index in [2.05, 4.69) is 152 Å². The van der Waals surface area contributed by atoms with E-state index in [0.717, 1.165) is 17.4 Å². The fraction of sp³-hybridized carbons (Fsp3) is 0.347. The van der Waals surface area contributed by atoms with Crippen molar-refractivity contribution >= 4 is 66.8 Å². The first kappa shape index (κ1) is 32.8. The highest BCUT2D eigenvalue weighted by Crippen LogP contribution is 2.61. The van der Waals surface area contributed by atoms with Crippen molar-refractivity contribution in [3.8, 4) is 11.1 Å². The molecule has 0 radical (unpaired) electrons. The molecule has 3 aliphatic heterocycles. The van der Waals surface area contributed by atoms with Crippen molar-refractivity contribution in [3.05, 3.63) is 137 Å². The van der Waals surface area contributed by atoms with E-state index in [-0.39, 0.29) is 0 Å². The number of anilines is 3. The van der Waals surface area contributed by atoms with Gasteiger partial charge in [0.25, 0.3) is 0 Å². The highest BCUT2D eigenvalue weighted by atomic mass is 32.2. The lowest BCUT2D eigenvalue weighted by molar-refractivity contribution is 0.352. The molecular formula is C49H51NSSi2. The van der Waals surface area contributed by atoms with E-state index >= 15 is 0 Å². The minimum absolute atomic E-state index is 0.581. The number of fused-ring (bicyclic) bond motifs is 10. The molecule has 0 saturated carbocycles. The van der Waals surface area contributed by atoms with Crippen LogP contribution < -0.4 is 20.5 Å². The van der Waals surface area contributed by atoms with E-state index in [1.54, 1.807) is 37.2 Å². The average molecular weight is 742 g/mol. The summed E-state index contributed by atoms with van der Waals surface area (Å²) in [5.74, 6) is 2.87. The predicted molar refractivity (Wildman–Crippen MR) is 235 cm³/mol. The molecule has 4 aliphatic carbocycles. The van der Waals surface area contributed by atoms with Gasteiger partial charge in [-0.3, -0.25) is 0 Å². The molecule has 0 spiro atoms. The SMILES string of the molecule is C[SiH]1c2cc(N(c3cccc(C4CCC=C5C=CCCC54)c3)c3cccc4c3[Si](C)(C)c3ccccc3-4)ccc2C2=C3SC4C=CCCC4C3CCC21. The Balaban J connectivity index is 1.07. The van der Waals surface area contributed by atoms with Crippen LogP contribution in [0.3, 0.4) is 0 Å². The van der Waals surface area contributed by atoms with Gasteiger partial charge in [0.05, 0.1) is 8.80 Å². The Morgan fingerprint density at radius 1 is 0.717 bits per heavy atom. The molecule has 4 aromatic rings. The number of hydrogen-bond donors (Lipinski definition) is 0. The molecule has 1 fully saturated rings. The molecular weight excluding hydrogens is 691 g/mol. The molecule has 1 nitrogen and oxygen atoms in total. The third-order valence-corrected chi connectivity index (χ3v) is 23.2. The third kappa shape index (κ3) is 4.93. The van der Waals surface area contributed by atoms with E-state index in [1.165, 1.54) is 85.1 Å². The molecule has 4 heteroatoms. The molecule has 7 unspecified atom stereocenters. The van der Waals surface area contributed by atoms with Crippen molar-refractivity contribution in [2.24, 2.45) is 17.8 Å². The molecule has 1 saturated heterocycles. The van der Waals surface area contributed by atoms with Crippen LogP contribution in [0.15, 0.2) is 126 Å². The molecule has 7 aliphatic rings. The lowest BCUT2D eigenvalue weighted by Crippen LogP contribution is -2.50. The zero-order chi connectivity index (χ0) is 35.4. The van der Waals surface area contributed by atoms with Crippen molar-refractivity contribution in [2.75, 3.05) is 4.90 Å². The van der Waals surface area contributed by atoms with Crippen LogP contribution in [-0.4, -0.2) is 22.1 Å². The number of thioether (sulfide) groups is 1. The first-order valence-corrected chi connectivity index (χ1v) is 27.0. The Morgan fingerprint density at radius 3 is 2.49 bits per heavy atom. The van der Waals surface area contributed by atoms with Gasteiger partial charge in [-0.15, -0.1) is 11.8 Å². The van der Waals surface area contributed by atoms with Gasteiger partial charge in [0, 0.05) is 22.3 Å². The van der Waals surface area contributed by atoms with E-state index in [9.17, 15) is 0 Å². The number of rotatable bonds is 4. The van der Waals surface area contributed by atoms with Gasteiger partial charge in [0.1, 0.15) is 8.07 Å². The van der Waals surface area contributed by atoms with Crippen LogP contribution in [0.1, 0.15) is 68.4 Å². The third-order valence-electron chi connectivity index (χ3n) is 14.7. The summed E-state index contributed by atoms with van der Waals surface area (Å²) in [5, 5.41) is 5.59. The normalized spacial score (nSPS) is 29.7. The van der Waals surface area contributed by atoms with Gasteiger partial charge in [-0.05, 0) is 160 Å². The van der Waals surface area contributed by atoms with E-state index in [4.69, 9.17) is 0 Å². The Labute approximate surface area is 323 Å². The zero-order valence-corrected chi connectivity index (χ0v) is 34.5. The fourth-order valence-electron chi connectivity index (χ4n) is 12.3. The number of benzene rings is 4. The Kier molecular flexibility index (Phi) is 7.73. The maximum absolute atomic E-state index is 2.71. The average Bonchev–Trinajstić information content (AvgIpc) is 3.80. The van der Waals surface area contributed by atoms with Crippen LogP contribution in [0.2, 0.25) is 25.2 Å². The molecule has 266 valence electrons. The monoisotopic (exact) mass is 741 g/mol. The van der Waals surface area contributed by atoms with E-state index in [1.807, 2.05) is 0 Å². The van der Waals surface area contributed by atoms with Crippen LogP contribution in [0.25, 0.3) is 16.7 Å². The lowest BCUT2D eigenvalue weighted by Gasteiger charge is -2.35. The second kappa shape index (κ2) is 12.5. The number of nitrogens with zero attached hydrogens (tertiary/aromatic N) is 1. The smallest absolute Gasteiger partial charge is 0.116 e. The summed E-state index contributed by atoms with van der Waals surface area (Å²) in [6, 6.07) is 34.1. The molecule has 53 heavy (non-hydrogen) atoms. The van der Waals surface area contributed by atoms with E-state index < -0.39 is 16.9 Å². The molecule has 0 amide bonds. The summed E-state index contributed by atoms with van der Waals surface area (Å²) in [5.41, 5.74) is 14.3. The maximum Gasteiger partial charge on any atom is 0.116 e. The van der Waals surface area contributed by atoms with Gasteiger partial charge in [-0.2, -0.15) is 0 Å². The first-order valence-electron chi connectivity index (χ1n) is 20.7. The van der Waals surface area contributed by atoms with Crippen LogP contribution >= 0.6 is 11.8 Å². The van der Waals surface area contributed by atoms with Gasteiger partial charge < -0.3 is 4.90 Å². The molecule has 0 bridgehead atoms. The van der Waals surface area contributed by atoms with Gasteiger partial charge in [0.15, 0.2) is 0 Å². The summed E-state index contributed by atoms with van der Waals surface area (Å²) in [7, 11) is -3.18. The lowest BCUT2D eigenvalue weighted by atomic mass is 9.71. The second-order valence-corrected chi connectivity index (χ2v) is 26.2. The predicted octanol–water partition coefficient (Wildman–Crippen LogP) is 11.4. The minimum Gasteiger partial charge on any atom is -0.311 e. The van der Waals surface area contributed by atoms with E-state index in [0.29, 0.717) is 17.1 Å². The van der Waals surface area contributed by atoms with Crippen molar-refractivity contribution in [1.29, 1.82) is 0 Å². The fourth-order valence-corrected chi connectivity index (χ4v) is 20.8. The van der Waals surface area contributed by atoms with Crippen molar-refractivity contribution < 1.29 is 0 Å². The summed E-state index contributed by atoms with van der Waals surface area (Å²) in [6.07, 6.45) is 22.7. The topological polar surface area (TPSA) is 3.24 Å². The van der Waals surface area contributed by atoms with Gasteiger partial charge in [-0.1, -0.05) is 110 Å².